The highest BCUT2D eigenvalue weighted by atomic mass is 16.3. The molecule has 298 valence electrons. The topological polar surface area (TPSA) is 31.0 Å². The molecular formula is C59H46N2O. The van der Waals surface area contributed by atoms with Crippen molar-refractivity contribution in [1.82, 2.24) is 9.55 Å². The Kier molecular flexibility index (Phi) is 10.6. The third-order valence-electron chi connectivity index (χ3n) is 11.8. The first-order valence-corrected chi connectivity index (χ1v) is 21.6. The molecule has 11 rings (SSSR count). The van der Waals surface area contributed by atoms with Gasteiger partial charge in [-0.3, -0.25) is 0 Å². The van der Waals surface area contributed by atoms with Gasteiger partial charge in [0.05, 0.1) is 11.0 Å². The number of oxazole rings is 1. The standard InChI is InChI=1S/C53H34N2O.C6H12/c1-2-14-41-35(12-1)13-11-21-44(41)39-30-33-52-49(34-39)54-53(56-52)38-26-24-36(25-27-38)42-15-3-5-17-45(42)46-18-6-4-16-43(46)37-28-31-40(32-29-37)55-50-22-9-7-19-47(50)48-20-8-10-23-51(48)55;1-3-5-6-4-2/h1-34H;3,5H,4,6H2,1-2H3/b;5-3-. The van der Waals surface area contributed by atoms with Gasteiger partial charge in [-0.1, -0.05) is 183 Å². The highest BCUT2D eigenvalue weighted by molar-refractivity contribution is 6.09. The molecule has 62 heavy (non-hydrogen) atoms. The van der Waals surface area contributed by atoms with Crippen molar-refractivity contribution < 1.29 is 4.42 Å². The normalized spacial score (nSPS) is 11.5. The third-order valence-corrected chi connectivity index (χ3v) is 11.8. The fraction of sp³-hybridized carbons (Fsp3) is 0.0678. The number of hydrogen-bond acceptors (Lipinski definition) is 2. The van der Waals surface area contributed by atoms with Gasteiger partial charge in [-0.2, -0.15) is 0 Å². The Hall–Kier alpha value is -7.75. The summed E-state index contributed by atoms with van der Waals surface area (Å²) < 4.78 is 8.66. The van der Waals surface area contributed by atoms with E-state index < -0.39 is 0 Å². The lowest BCUT2D eigenvalue weighted by molar-refractivity contribution is 0.620. The highest BCUT2D eigenvalue weighted by Crippen LogP contribution is 2.40. The SMILES string of the molecule is C/C=C\CCC.c1ccc(-c2ccccc2-c2ccc(-n3c4ccccc4c4ccccc43)cc2)c(-c2ccc(-c3nc4cc(-c5cccc6ccccc56)ccc4o3)cc2)c1. The largest absolute Gasteiger partial charge is 0.436 e. The maximum absolute atomic E-state index is 6.30. The van der Waals surface area contributed by atoms with Crippen LogP contribution in [0.15, 0.2) is 223 Å². The lowest BCUT2D eigenvalue weighted by Crippen LogP contribution is -1.94. The molecule has 0 saturated carbocycles. The van der Waals surface area contributed by atoms with Gasteiger partial charge in [0, 0.05) is 22.0 Å². The van der Waals surface area contributed by atoms with Gasteiger partial charge in [0.2, 0.25) is 5.89 Å². The number of aromatic nitrogens is 2. The van der Waals surface area contributed by atoms with Crippen LogP contribution in [0.3, 0.4) is 0 Å². The minimum atomic E-state index is 0.615. The van der Waals surface area contributed by atoms with E-state index in [1.54, 1.807) is 0 Å². The van der Waals surface area contributed by atoms with Gasteiger partial charge in [0.1, 0.15) is 5.52 Å². The van der Waals surface area contributed by atoms with Gasteiger partial charge < -0.3 is 8.98 Å². The van der Waals surface area contributed by atoms with Gasteiger partial charge in [-0.05, 0) is 117 Å². The van der Waals surface area contributed by atoms with Crippen molar-refractivity contribution in [1.29, 1.82) is 0 Å². The van der Waals surface area contributed by atoms with Crippen LogP contribution in [0.4, 0.5) is 0 Å². The van der Waals surface area contributed by atoms with Gasteiger partial charge in [0.15, 0.2) is 5.58 Å². The molecule has 0 amide bonds. The second kappa shape index (κ2) is 17.1. The van der Waals surface area contributed by atoms with E-state index in [2.05, 4.69) is 231 Å². The fourth-order valence-electron chi connectivity index (χ4n) is 8.75. The quantitative estimate of drug-likeness (QED) is 0.143. The molecule has 3 nitrogen and oxygen atoms in total. The predicted octanol–water partition coefficient (Wildman–Crippen LogP) is 16.8. The Bertz CT molecular complexity index is 3310. The van der Waals surface area contributed by atoms with E-state index in [0.29, 0.717) is 5.89 Å². The van der Waals surface area contributed by atoms with E-state index in [0.717, 1.165) is 33.5 Å². The van der Waals surface area contributed by atoms with E-state index in [1.807, 2.05) is 6.07 Å². The monoisotopic (exact) mass is 798 g/mol. The second-order valence-electron chi connectivity index (χ2n) is 15.7. The maximum Gasteiger partial charge on any atom is 0.227 e. The summed E-state index contributed by atoms with van der Waals surface area (Å²) in [6.45, 7) is 4.23. The molecule has 2 heterocycles. The summed E-state index contributed by atoms with van der Waals surface area (Å²) in [4.78, 5) is 4.95. The van der Waals surface area contributed by atoms with Gasteiger partial charge in [-0.15, -0.1) is 0 Å². The number of para-hydroxylation sites is 2. The zero-order valence-electron chi connectivity index (χ0n) is 35.0. The van der Waals surface area contributed by atoms with E-state index in [-0.39, 0.29) is 0 Å². The number of benzene rings is 9. The average molecular weight is 799 g/mol. The zero-order valence-corrected chi connectivity index (χ0v) is 35.0. The summed E-state index contributed by atoms with van der Waals surface area (Å²) in [5.74, 6) is 0.615. The Morgan fingerprint density at radius 3 is 1.58 bits per heavy atom. The molecule has 0 spiro atoms. The summed E-state index contributed by atoms with van der Waals surface area (Å²) in [5.41, 5.74) is 15.5. The van der Waals surface area contributed by atoms with Gasteiger partial charge in [0.25, 0.3) is 0 Å². The van der Waals surface area contributed by atoms with Crippen molar-refractivity contribution in [2.24, 2.45) is 0 Å². The van der Waals surface area contributed by atoms with Crippen LogP contribution in [0.25, 0.3) is 105 Å². The lowest BCUT2D eigenvalue weighted by Gasteiger charge is -2.15. The summed E-state index contributed by atoms with van der Waals surface area (Å²) >= 11 is 0. The summed E-state index contributed by atoms with van der Waals surface area (Å²) in [6.07, 6.45) is 6.77. The first kappa shape index (κ1) is 38.5. The molecule has 0 aliphatic carbocycles. The molecule has 0 saturated heterocycles. The zero-order chi connectivity index (χ0) is 41.8. The first-order chi connectivity index (χ1) is 30.7. The molecule has 0 atom stereocenters. The van der Waals surface area contributed by atoms with Crippen LogP contribution < -0.4 is 0 Å². The second-order valence-corrected chi connectivity index (χ2v) is 15.7. The molecule has 0 unspecified atom stereocenters. The number of hydrogen-bond donors (Lipinski definition) is 0. The Morgan fingerprint density at radius 1 is 0.468 bits per heavy atom. The van der Waals surface area contributed by atoms with Crippen molar-refractivity contribution in [3.8, 4) is 61.6 Å². The minimum absolute atomic E-state index is 0.615. The molecular weight excluding hydrogens is 753 g/mol. The summed E-state index contributed by atoms with van der Waals surface area (Å²) in [5, 5.41) is 4.98. The van der Waals surface area contributed by atoms with Crippen molar-refractivity contribution >= 4 is 43.7 Å². The number of nitrogens with zero attached hydrogens (tertiary/aromatic N) is 2. The molecule has 11 aromatic rings. The number of fused-ring (bicyclic) bond motifs is 5. The van der Waals surface area contributed by atoms with Gasteiger partial charge in [-0.25, -0.2) is 4.98 Å². The highest BCUT2D eigenvalue weighted by Gasteiger charge is 2.16. The van der Waals surface area contributed by atoms with Crippen molar-refractivity contribution in [2.45, 2.75) is 26.7 Å². The Morgan fingerprint density at radius 2 is 0.968 bits per heavy atom. The average Bonchev–Trinajstić information content (AvgIpc) is 3.93. The molecule has 2 aromatic heterocycles. The van der Waals surface area contributed by atoms with Crippen molar-refractivity contribution in [3.05, 3.63) is 218 Å². The van der Waals surface area contributed by atoms with Crippen LogP contribution in [0.2, 0.25) is 0 Å². The van der Waals surface area contributed by atoms with Crippen LogP contribution in [0.5, 0.6) is 0 Å². The van der Waals surface area contributed by atoms with Crippen LogP contribution in [0.1, 0.15) is 26.7 Å². The third kappa shape index (κ3) is 7.29. The number of unbranched alkanes of at least 4 members (excludes halogenated alkanes) is 1. The molecule has 0 radical (unpaired) electrons. The summed E-state index contributed by atoms with van der Waals surface area (Å²) in [6, 6.07) is 73.5. The van der Waals surface area contributed by atoms with Crippen molar-refractivity contribution in [3.63, 3.8) is 0 Å². The maximum atomic E-state index is 6.30. The Labute approximate surface area is 362 Å². The molecule has 0 bridgehead atoms. The number of rotatable bonds is 8. The van der Waals surface area contributed by atoms with Crippen LogP contribution in [0, 0.1) is 0 Å². The van der Waals surface area contributed by atoms with Crippen LogP contribution >= 0.6 is 0 Å². The Balaban J connectivity index is 0.000000716. The molecule has 0 aliphatic heterocycles. The lowest BCUT2D eigenvalue weighted by atomic mass is 9.89. The van der Waals surface area contributed by atoms with E-state index in [1.165, 1.54) is 78.8 Å². The van der Waals surface area contributed by atoms with E-state index >= 15 is 0 Å². The summed E-state index contributed by atoms with van der Waals surface area (Å²) in [7, 11) is 0. The smallest absolute Gasteiger partial charge is 0.227 e. The van der Waals surface area contributed by atoms with E-state index in [9.17, 15) is 0 Å². The molecule has 0 aliphatic rings. The minimum Gasteiger partial charge on any atom is -0.436 e. The van der Waals surface area contributed by atoms with Crippen molar-refractivity contribution in [2.75, 3.05) is 0 Å². The molecule has 0 fully saturated rings. The van der Waals surface area contributed by atoms with E-state index in [4.69, 9.17) is 9.40 Å². The fourth-order valence-corrected chi connectivity index (χ4v) is 8.75. The predicted molar refractivity (Wildman–Crippen MR) is 263 cm³/mol. The number of allylic oxidation sites excluding steroid dienone is 2. The molecule has 9 aromatic carbocycles. The first-order valence-electron chi connectivity index (χ1n) is 21.6. The van der Waals surface area contributed by atoms with Gasteiger partial charge >= 0.3 is 0 Å². The van der Waals surface area contributed by atoms with Crippen LogP contribution in [-0.4, -0.2) is 9.55 Å². The van der Waals surface area contributed by atoms with Crippen LogP contribution in [-0.2, 0) is 0 Å². The molecule has 3 heteroatoms. The molecule has 0 N–H and O–H groups in total.